The summed E-state index contributed by atoms with van der Waals surface area (Å²) in [7, 11) is 0. The third-order valence-corrected chi connectivity index (χ3v) is 3.90. The molecule has 0 spiro atoms. The van der Waals surface area contributed by atoms with E-state index in [1.54, 1.807) is 36.4 Å². The predicted molar refractivity (Wildman–Crippen MR) is 86.6 cm³/mol. The Morgan fingerprint density at radius 2 is 1.64 bits per heavy atom. The minimum absolute atomic E-state index is 0.0670. The molecule has 0 heterocycles. The molecule has 0 aromatic heterocycles. The van der Waals surface area contributed by atoms with Gasteiger partial charge in [0.1, 0.15) is 0 Å². The minimum atomic E-state index is -0.994. The SMILES string of the molecule is CCc1ccc([C@H](CC(=O)c2ccc(Cl)cc2)C(=O)O)cc1. The predicted octanol–water partition coefficient (Wildman–Crippen LogP) is 4.34. The van der Waals surface area contributed by atoms with Gasteiger partial charge in [0.05, 0.1) is 5.92 Å². The first-order valence-corrected chi connectivity index (χ1v) is 7.49. The molecule has 0 amide bonds. The Labute approximate surface area is 134 Å². The van der Waals surface area contributed by atoms with E-state index in [2.05, 4.69) is 0 Å². The molecule has 0 aliphatic heterocycles. The van der Waals surface area contributed by atoms with Crippen molar-refractivity contribution in [2.24, 2.45) is 0 Å². The van der Waals surface area contributed by atoms with Gasteiger partial charge in [-0.1, -0.05) is 42.8 Å². The number of hydrogen-bond donors (Lipinski definition) is 1. The lowest BCUT2D eigenvalue weighted by molar-refractivity contribution is -0.138. The molecule has 2 aromatic rings. The second-order valence-corrected chi connectivity index (χ2v) is 5.56. The summed E-state index contributed by atoms with van der Waals surface area (Å²) in [6, 6.07) is 13.9. The number of carbonyl (C=O) groups is 2. The lowest BCUT2D eigenvalue weighted by Crippen LogP contribution is -2.16. The second-order valence-electron chi connectivity index (χ2n) is 5.12. The van der Waals surface area contributed by atoms with Gasteiger partial charge >= 0.3 is 5.97 Å². The van der Waals surface area contributed by atoms with Crippen LogP contribution in [0.3, 0.4) is 0 Å². The number of rotatable bonds is 6. The fourth-order valence-electron chi connectivity index (χ4n) is 2.27. The number of ketones is 1. The number of carboxylic acid groups (broad SMARTS) is 1. The smallest absolute Gasteiger partial charge is 0.311 e. The highest BCUT2D eigenvalue weighted by Gasteiger charge is 2.23. The minimum Gasteiger partial charge on any atom is -0.481 e. The molecule has 1 atom stereocenters. The van der Waals surface area contributed by atoms with Crippen LogP contribution in [0.1, 0.15) is 40.7 Å². The van der Waals surface area contributed by atoms with E-state index in [-0.39, 0.29) is 12.2 Å². The van der Waals surface area contributed by atoms with E-state index in [0.29, 0.717) is 16.1 Å². The number of carbonyl (C=O) groups excluding carboxylic acids is 1. The molecule has 3 nitrogen and oxygen atoms in total. The summed E-state index contributed by atoms with van der Waals surface area (Å²) >= 11 is 5.79. The molecule has 0 aliphatic rings. The van der Waals surface area contributed by atoms with Crippen LogP contribution in [0.25, 0.3) is 0 Å². The molecule has 114 valence electrons. The first kappa shape index (κ1) is 16.2. The molecule has 0 unspecified atom stereocenters. The van der Waals surface area contributed by atoms with Crippen LogP contribution in [-0.2, 0) is 11.2 Å². The van der Waals surface area contributed by atoms with E-state index in [1.165, 1.54) is 0 Å². The molecule has 0 bridgehead atoms. The third-order valence-electron chi connectivity index (χ3n) is 3.64. The Hall–Kier alpha value is -2.13. The van der Waals surface area contributed by atoms with Crippen molar-refractivity contribution >= 4 is 23.4 Å². The van der Waals surface area contributed by atoms with E-state index in [0.717, 1.165) is 12.0 Å². The van der Waals surface area contributed by atoms with Gasteiger partial charge in [-0.2, -0.15) is 0 Å². The van der Waals surface area contributed by atoms with Gasteiger partial charge in [0.15, 0.2) is 5.78 Å². The van der Waals surface area contributed by atoms with Gasteiger partial charge in [-0.05, 0) is 41.8 Å². The second kappa shape index (κ2) is 7.23. The van der Waals surface area contributed by atoms with Crippen LogP contribution >= 0.6 is 11.6 Å². The molecule has 0 aliphatic carbocycles. The van der Waals surface area contributed by atoms with E-state index in [9.17, 15) is 14.7 Å². The molecule has 0 saturated carbocycles. The van der Waals surface area contributed by atoms with Crippen LogP contribution in [0.2, 0.25) is 5.02 Å². The number of aryl methyl sites for hydroxylation is 1. The third kappa shape index (κ3) is 3.95. The van der Waals surface area contributed by atoms with Gasteiger partial charge in [-0.25, -0.2) is 0 Å². The average molecular weight is 317 g/mol. The van der Waals surface area contributed by atoms with Crippen molar-refractivity contribution in [2.75, 3.05) is 0 Å². The van der Waals surface area contributed by atoms with Gasteiger partial charge in [-0.15, -0.1) is 0 Å². The Kier molecular flexibility index (Phi) is 5.34. The van der Waals surface area contributed by atoms with Crippen LogP contribution in [-0.4, -0.2) is 16.9 Å². The molecule has 2 aromatic carbocycles. The number of hydrogen-bond acceptors (Lipinski definition) is 2. The standard InChI is InChI=1S/C18H17ClO3/c1-2-12-3-5-13(6-4-12)16(18(21)22)11-17(20)14-7-9-15(19)10-8-14/h3-10,16H,2,11H2,1H3,(H,21,22)/t16-/m0/s1. The molecule has 22 heavy (non-hydrogen) atoms. The van der Waals surface area contributed by atoms with E-state index in [1.807, 2.05) is 19.1 Å². The summed E-state index contributed by atoms with van der Waals surface area (Å²) in [5.74, 6) is -2.04. The largest absolute Gasteiger partial charge is 0.481 e. The number of carboxylic acids is 1. The number of aliphatic carboxylic acids is 1. The van der Waals surface area contributed by atoms with Crippen LogP contribution in [0, 0.1) is 0 Å². The maximum atomic E-state index is 12.3. The average Bonchev–Trinajstić information content (AvgIpc) is 2.53. The van der Waals surface area contributed by atoms with E-state index >= 15 is 0 Å². The number of Topliss-reactive ketones (excluding diaryl/α,β-unsaturated/α-hetero) is 1. The Morgan fingerprint density at radius 1 is 1.05 bits per heavy atom. The highest BCUT2D eigenvalue weighted by atomic mass is 35.5. The fraction of sp³-hybridized carbons (Fsp3) is 0.222. The van der Waals surface area contributed by atoms with Crippen molar-refractivity contribution in [3.8, 4) is 0 Å². The zero-order valence-corrected chi connectivity index (χ0v) is 13.0. The molecular weight excluding hydrogens is 300 g/mol. The first-order chi connectivity index (χ1) is 10.5. The Balaban J connectivity index is 2.19. The topological polar surface area (TPSA) is 54.4 Å². The van der Waals surface area contributed by atoms with Gasteiger partial charge < -0.3 is 5.11 Å². The lowest BCUT2D eigenvalue weighted by atomic mass is 9.91. The molecule has 2 rings (SSSR count). The van der Waals surface area contributed by atoms with Crippen LogP contribution < -0.4 is 0 Å². The van der Waals surface area contributed by atoms with Gasteiger partial charge in [0.2, 0.25) is 0 Å². The lowest BCUT2D eigenvalue weighted by Gasteiger charge is -2.13. The van der Waals surface area contributed by atoms with Crippen molar-refractivity contribution in [3.63, 3.8) is 0 Å². The molecule has 0 saturated heterocycles. The van der Waals surface area contributed by atoms with Crippen molar-refractivity contribution in [3.05, 3.63) is 70.2 Å². The quantitative estimate of drug-likeness (QED) is 0.806. The van der Waals surface area contributed by atoms with Crippen LogP contribution in [0.4, 0.5) is 0 Å². The summed E-state index contributed by atoms with van der Waals surface area (Å²) in [5.41, 5.74) is 2.25. The molecule has 0 radical (unpaired) electrons. The van der Waals surface area contributed by atoms with Gasteiger partial charge in [0, 0.05) is 17.0 Å². The van der Waals surface area contributed by atoms with Crippen molar-refractivity contribution in [2.45, 2.75) is 25.7 Å². The van der Waals surface area contributed by atoms with Gasteiger partial charge in [-0.3, -0.25) is 9.59 Å². The molecular formula is C18H17ClO3. The highest BCUT2D eigenvalue weighted by molar-refractivity contribution is 6.30. The van der Waals surface area contributed by atoms with Gasteiger partial charge in [0.25, 0.3) is 0 Å². The monoisotopic (exact) mass is 316 g/mol. The normalized spacial score (nSPS) is 11.9. The molecule has 4 heteroatoms. The zero-order valence-electron chi connectivity index (χ0n) is 12.3. The zero-order chi connectivity index (χ0) is 16.1. The summed E-state index contributed by atoms with van der Waals surface area (Å²) in [5, 5.41) is 9.96. The summed E-state index contributed by atoms with van der Waals surface area (Å²) in [6.07, 6.45) is 0.824. The molecule has 1 N–H and O–H groups in total. The van der Waals surface area contributed by atoms with Crippen molar-refractivity contribution in [1.82, 2.24) is 0 Å². The van der Waals surface area contributed by atoms with Crippen LogP contribution in [0.15, 0.2) is 48.5 Å². The van der Waals surface area contributed by atoms with Crippen LogP contribution in [0.5, 0.6) is 0 Å². The Morgan fingerprint density at radius 3 is 2.14 bits per heavy atom. The maximum Gasteiger partial charge on any atom is 0.311 e. The number of halogens is 1. The summed E-state index contributed by atoms with van der Waals surface area (Å²) in [4.78, 5) is 23.8. The number of benzene rings is 2. The van der Waals surface area contributed by atoms with E-state index < -0.39 is 11.9 Å². The van der Waals surface area contributed by atoms with Crippen molar-refractivity contribution < 1.29 is 14.7 Å². The summed E-state index contributed by atoms with van der Waals surface area (Å²) in [6.45, 7) is 2.04. The first-order valence-electron chi connectivity index (χ1n) is 7.11. The molecule has 0 fully saturated rings. The van der Waals surface area contributed by atoms with E-state index in [4.69, 9.17) is 11.6 Å². The fourth-order valence-corrected chi connectivity index (χ4v) is 2.40. The maximum absolute atomic E-state index is 12.3. The summed E-state index contributed by atoms with van der Waals surface area (Å²) < 4.78 is 0. The highest BCUT2D eigenvalue weighted by Crippen LogP contribution is 2.23. The Bertz CT molecular complexity index is 660. The van der Waals surface area contributed by atoms with Crippen molar-refractivity contribution in [1.29, 1.82) is 0 Å².